The van der Waals surface area contributed by atoms with Crippen molar-refractivity contribution in [1.29, 1.82) is 0 Å². The van der Waals surface area contributed by atoms with Gasteiger partial charge >= 0.3 is 18.3 Å². The van der Waals surface area contributed by atoms with Gasteiger partial charge in [0.25, 0.3) is 0 Å². The third-order valence-corrected chi connectivity index (χ3v) is 1.86. The fraction of sp³-hybridized carbons (Fsp3) is 0.111. The Bertz CT molecular complexity index is 516. The molecule has 0 atom stereocenters. The van der Waals surface area contributed by atoms with Crippen molar-refractivity contribution >= 4 is 17.9 Å². The van der Waals surface area contributed by atoms with Gasteiger partial charge in [0.1, 0.15) is 11.8 Å². The Morgan fingerprint density at radius 3 is 2.50 bits per heavy atom. The van der Waals surface area contributed by atoms with Crippen molar-refractivity contribution in [2.75, 3.05) is 0 Å². The van der Waals surface area contributed by atoms with Crippen molar-refractivity contribution in [3.05, 3.63) is 33.4 Å². The van der Waals surface area contributed by atoms with Gasteiger partial charge in [0.15, 0.2) is 0 Å². The minimum absolute atomic E-state index is 0.161. The maximum Gasteiger partial charge on any atom is 0.387 e. The summed E-state index contributed by atoms with van der Waals surface area (Å²) in [5.41, 5.74) is -2.36. The predicted octanol–water partition coefficient (Wildman–Crippen LogP) is 1.71. The molecule has 0 bridgehead atoms. The van der Waals surface area contributed by atoms with Crippen LogP contribution >= 0.6 is 0 Å². The quantitative estimate of drug-likeness (QED) is 0.491. The lowest BCUT2D eigenvalue weighted by Crippen LogP contribution is -2.09. The van der Waals surface area contributed by atoms with Gasteiger partial charge in [0.05, 0.1) is 4.92 Å². The molecule has 0 aliphatic carbocycles. The van der Waals surface area contributed by atoms with Crippen LogP contribution in [0.3, 0.4) is 0 Å². The second kappa shape index (κ2) is 5.17. The van der Waals surface area contributed by atoms with Crippen LogP contribution < -0.4 is 4.74 Å². The van der Waals surface area contributed by atoms with E-state index in [4.69, 9.17) is 5.11 Å². The summed E-state index contributed by atoms with van der Waals surface area (Å²) in [7, 11) is 0. The number of aromatic carboxylic acids is 1. The van der Waals surface area contributed by atoms with E-state index in [-0.39, 0.29) is 11.8 Å². The maximum atomic E-state index is 12.1. The number of hydrogen-bond donors (Lipinski definition) is 1. The van der Waals surface area contributed by atoms with Crippen LogP contribution in [0.15, 0.2) is 12.1 Å². The van der Waals surface area contributed by atoms with Crippen molar-refractivity contribution in [2.45, 2.75) is 6.61 Å². The highest BCUT2D eigenvalue weighted by Crippen LogP contribution is 2.33. The molecule has 0 aliphatic rings. The molecule has 0 aliphatic heterocycles. The number of carbonyl (C=O) groups is 2. The molecule has 0 heterocycles. The molecule has 0 spiro atoms. The number of carbonyl (C=O) groups excluding carboxylic acids is 1. The van der Waals surface area contributed by atoms with Gasteiger partial charge < -0.3 is 9.84 Å². The highest BCUT2D eigenvalue weighted by Gasteiger charge is 2.28. The van der Waals surface area contributed by atoms with Crippen LogP contribution in [-0.2, 0) is 0 Å². The number of benzene rings is 1. The summed E-state index contributed by atoms with van der Waals surface area (Å²) in [6.07, 6.45) is 0.161. The van der Waals surface area contributed by atoms with Crippen LogP contribution in [0.5, 0.6) is 5.75 Å². The number of ether oxygens (including phenoxy) is 1. The summed E-state index contributed by atoms with van der Waals surface area (Å²) >= 11 is 0. The molecular weight excluding hydrogens is 256 g/mol. The predicted molar refractivity (Wildman–Crippen MR) is 52.1 cm³/mol. The minimum Gasteiger partial charge on any atom is -0.477 e. The number of rotatable bonds is 5. The number of nitro benzene ring substituents is 1. The third-order valence-electron chi connectivity index (χ3n) is 1.86. The molecule has 9 heteroatoms. The molecule has 1 rings (SSSR count). The second-order valence-electron chi connectivity index (χ2n) is 2.97. The van der Waals surface area contributed by atoms with E-state index in [0.29, 0.717) is 12.1 Å². The zero-order valence-corrected chi connectivity index (χ0v) is 8.50. The molecule has 1 N–H and O–H groups in total. The number of nitro groups is 1. The van der Waals surface area contributed by atoms with Crippen molar-refractivity contribution < 1.29 is 33.1 Å². The van der Waals surface area contributed by atoms with Crippen molar-refractivity contribution in [3.8, 4) is 5.75 Å². The Morgan fingerprint density at radius 1 is 1.50 bits per heavy atom. The Kier molecular flexibility index (Phi) is 3.87. The van der Waals surface area contributed by atoms with Gasteiger partial charge in [-0.15, -0.1) is 0 Å². The Labute approximate surface area is 97.7 Å². The lowest BCUT2D eigenvalue weighted by Gasteiger charge is -2.07. The lowest BCUT2D eigenvalue weighted by molar-refractivity contribution is -0.386. The molecule has 0 radical (unpaired) electrons. The van der Waals surface area contributed by atoms with E-state index >= 15 is 0 Å². The standard InChI is InChI=1S/C9H5F2NO6/c10-9(11)18-6-2-4(3-13)1-5(8(14)15)7(6)12(16)17/h1-3,9H,(H,14,15). The number of carboxylic acid groups (broad SMARTS) is 1. The first-order chi connectivity index (χ1) is 8.36. The molecule has 18 heavy (non-hydrogen) atoms. The number of carboxylic acids is 1. The van der Waals surface area contributed by atoms with Crippen LogP contribution in [0, 0.1) is 10.1 Å². The number of halogens is 2. The molecule has 0 fully saturated rings. The summed E-state index contributed by atoms with van der Waals surface area (Å²) in [4.78, 5) is 30.7. The first kappa shape index (κ1) is 13.5. The van der Waals surface area contributed by atoms with E-state index in [1.807, 2.05) is 0 Å². The normalized spacial score (nSPS) is 10.2. The van der Waals surface area contributed by atoms with Crippen molar-refractivity contribution in [1.82, 2.24) is 0 Å². The molecule has 0 unspecified atom stereocenters. The molecule has 0 aromatic heterocycles. The molecule has 1 aromatic carbocycles. The van der Waals surface area contributed by atoms with E-state index in [1.54, 1.807) is 0 Å². The lowest BCUT2D eigenvalue weighted by atomic mass is 10.1. The highest BCUT2D eigenvalue weighted by molar-refractivity contribution is 5.96. The molecule has 0 saturated carbocycles. The van der Waals surface area contributed by atoms with Gasteiger partial charge in [-0.3, -0.25) is 14.9 Å². The van der Waals surface area contributed by atoms with E-state index in [2.05, 4.69) is 4.74 Å². The van der Waals surface area contributed by atoms with Gasteiger partial charge in [0.2, 0.25) is 5.75 Å². The van der Waals surface area contributed by atoms with Gasteiger partial charge in [-0.25, -0.2) is 4.79 Å². The summed E-state index contributed by atoms with van der Waals surface area (Å²) in [5.74, 6) is -2.71. The van der Waals surface area contributed by atoms with E-state index in [1.165, 1.54) is 0 Å². The van der Waals surface area contributed by atoms with E-state index < -0.39 is 34.5 Å². The molecule has 7 nitrogen and oxygen atoms in total. The van der Waals surface area contributed by atoms with Crippen molar-refractivity contribution in [3.63, 3.8) is 0 Å². The van der Waals surface area contributed by atoms with Crippen LogP contribution in [0.1, 0.15) is 20.7 Å². The molecule has 0 amide bonds. The average molecular weight is 261 g/mol. The van der Waals surface area contributed by atoms with Gasteiger partial charge in [-0.2, -0.15) is 8.78 Å². The van der Waals surface area contributed by atoms with Gasteiger partial charge in [-0.05, 0) is 12.1 Å². The van der Waals surface area contributed by atoms with Crippen LogP contribution in [0.25, 0.3) is 0 Å². The fourth-order valence-corrected chi connectivity index (χ4v) is 1.23. The number of hydrogen-bond acceptors (Lipinski definition) is 5. The van der Waals surface area contributed by atoms with Gasteiger partial charge in [-0.1, -0.05) is 0 Å². The zero-order chi connectivity index (χ0) is 13.9. The topological polar surface area (TPSA) is 107 Å². The summed E-state index contributed by atoms with van der Waals surface area (Å²) in [6, 6.07) is 1.37. The maximum absolute atomic E-state index is 12.1. The monoisotopic (exact) mass is 261 g/mol. The average Bonchev–Trinajstić information content (AvgIpc) is 2.26. The Hall–Kier alpha value is -2.58. The van der Waals surface area contributed by atoms with E-state index in [9.17, 15) is 28.5 Å². The Morgan fingerprint density at radius 2 is 2.11 bits per heavy atom. The largest absolute Gasteiger partial charge is 0.477 e. The minimum atomic E-state index is -3.38. The number of nitrogens with zero attached hydrogens (tertiary/aromatic N) is 1. The summed E-state index contributed by atoms with van der Waals surface area (Å²) in [5, 5.41) is 19.4. The van der Waals surface area contributed by atoms with Crippen molar-refractivity contribution in [2.24, 2.45) is 0 Å². The first-order valence-corrected chi connectivity index (χ1v) is 4.32. The molecule has 1 aromatic rings. The summed E-state index contributed by atoms with van der Waals surface area (Å²) < 4.78 is 27.9. The number of alkyl halides is 2. The van der Waals surface area contributed by atoms with Gasteiger partial charge in [0, 0.05) is 5.56 Å². The molecule has 0 saturated heterocycles. The first-order valence-electron chi connectivity index (χ1n) is 4.32. The Balaban J connectivity index is 3.54. The second-order valence-corrected chi connectivity index (χ2v) is 2.97. The number of aldehydes is 1. The SMILES string of the molecule is O=Cc1cc(OC(F)F)c([N+](=O)[O-])c(C(=O)O)c1. The summed E-state index contributed by atoms with van der Waals surface area (Å²) in [6.45, 7) is -3.38. The van der Waals surface area contributed by atoms with Crippen LogP contribution in [-0.4, -0.2) is 28.9 Å². The zero-order valence-electron chi connectivity index (χ0n) is 8.50. The third kappa shape index (κ3) is 2.75. The van der Waals surface area contributed by atoms with E-state index in [0.717, 1.165) is 0 Å². The van der Waals surface area contributed by atoms with Crippen LogP contribution in [0.4, 0.5) is 14.5 Å². The fourth-order valence-electron chi connectivity index (χ4n) is 1.23. The smallest absolute Gasteiger partial charge is 0.387 e. The molecule has 96 valence electrons. The highest BCUT2D eigenvalue weighted by atomic mass is 19.3. The molecular formula is C9H5F2NO6. The van der Waals surface area contributed by atoms with Crippen LogP contribution in [0.2, 0.25) is 0 Å².